The van der Waals surface area contributed by atoms with Gasteiger partial charge < -0.3 is 10.6 Å². The molecule has 21 heavy (non-hydrogen) atoms. The minimum absolute atomic E-state index is 0.551. The minimum atomic E-state index is 0.551. The molecule has 112 valence electrons. The maximum atomic E-state index is 5.79. The van der Waals surface area contributed by atoms with Gasteiger partial charge in [-0.2, -0.15) is 4.98 Å². The van der Waals surface area contributed by atoms with E-state index in [0.29, 0.717) is 5.92 Å². The van der Waals surface area contributed by atoms with Crippen LogP contribution in [-0.2, 0) is 0 Å². The lowest BCUT2D eigenvalue weighted by Crippen LogP contribution is -2.38. The molecule has 1 saturated heterocycles. The number of halogens is 1. The molecule has 0 amide bonds. The number of aromatic amines is 1. The van der Waals surface area contributed by atoms with Crippen LogP contribution in [-0.4, -0.2) is 34.8 Å². The fourth-order valence-electron chi connectivity index (χ4n) is 2.85. The quantitative estimate of drug-likeness (QED) is 0.893. The number of aromatic nitrogens is 3. The number of nitrogens with one attached hydrogen (secondary N) is 1. The van der Waals surface area contributed by atoms with Gasteiger partial charge in [-0.15, -0.1) is 5.10 Å². The van der Waals surface area contributed by atoms with Gasteiger partial charge >= 0.3 is 0 Å². The Labute approximate surface area is 133 Å². The zero-order valence-corrected chi connectivity index (χ0v) is 13.7. The summed E-state index contributed by atoms with van der Waals surface area (Å²) in [4.78, 5) is 6.90. The molecule has 1 aromatic carbocycles. The van der Waals surface area contributed by atoms with E-state index in [-0.39, 0.29) is 0 Å². The van der Waals surface area contributed by atoms with E-state index in [1.807, 2.05) is 6.07 Å². The van der Waals surface area contributed by atoms with Crippen molar-refractivity contribution in [2.75, 3.05) is 24.5 Å². The molecular weight excluding hydrogens is 330 g/mol. The number of hydrogen-bond donors (Lipinski definition) is 2. The van der Waals surface area contributed by atoms with Crippen molar-refractivity contribution in [3.63, 3.8) is 0 Å². The van der Waals surface area contributed by atoms with Crippen molar-refractivity contribution in [2.45, 2.75) is 19.8 Å². The first-order valence-electron chi connectivity index (χ1n) is 7.31. The molecule has 3 N–H and O–H groups in total. The molecule has 0 radical (unpaired) electrons. The van der Waals surface area contributed by atoms with Gasteiger partial charge in [-0.05, 0) is 56.0 Å². The van der Waals surface area contributed by atoms with Gasteiger partial charge in [-0.3, -0.25) is 5.10 Å². The van der Waals surface area contributed by atoms with E-state index in [1.165, 1.54) is 12.0 Å². The zero-order valence-electron chi connectivity index (χ0n) is 12.1. The SMILES string of the molecule is Cc1cc(Br)ccc1-c1nc(N2CCCC(CN)C2)n[nH]1. The maximum Gasteiger partial charge on any atom is 0.245 e. The highest BCUT2D eigenvalue weighted by molar-refractivity contribution is 9.10. The Morgan fingerprint density at radius 2 is 2.33 bits per heavy atom. The molecule has 2 aromatic rings. The van der Waals surface area contributed by atoms with Crippen LogP contribution in [0.4, 0.5) is 5.95 Å². The summed E-state index contributed by atoms with van der Waals surface area (Å²) < 4.78 is 1.07. The highest BCUT2D eigenvalue weighted by Crippen LogP contribution is 2.26. The second-order valence-corrected chi connectivity index (χ2v) is 6.55. The van der Waals surface area contributed by atoms with Crippen LogP contribution in [0.1, 0.15) is 18.4 Å². The van der Waals surface area contributed by atoms with E-state index < -0.39 is 0 Å². The van der Waals surface area contributed by atoms with Gasteiger partial charge in [0.2, 0.25) is 5.95 Å². The molecule has 1 unspecified atom stereocenters. The summed E-state index contributed by atoms with van der Waals surface area (Å²) in [6.45, 7) is 4.77. The van der Waals surface area contributed by atoms with Crippen LogP contribution in [0, 0.1) is 12.8 Å². The number of nitrogens with zero attached hydrogens (tertiary/aromatic N) is 3. The number of hydrogen-bond acceptors (Lipinski definition) is 4. The molecule has 1 atom stereocenters. The van der Waals surface area contributed by atoms with Gasteiger partial charge in [0.05, 0.1) is 0 Å². The van der Waals surface area contributed by atoms with Gasteiger partial charge in [0.1, 0.15) is 0 Å². The molecule has 5 nitrogen and oxygen atoms in total. The van der Waals surface area contributed by atoms with Crippen molar-refractivity contribution in [2.24, 2.45) is 11.7 Å². The Bertz CT molecular complexity index is 624. The first-order valence-corrected chi connectivity index (χ1v) is 8.10. The van der Waals surface area contributed by atoms with Crippen LogP contribution < -0.4 is 10.6 Å². The molecule has 1 fully saturated rings. The summed E-state index contributed by atoms with van der Waals surface area (Å²) >= 11 is 3.48. The maximum absolute atomic E-state index is 5.79. The summed E-state index contributed by atoms with van der Waals surface area (Å²) in [6, 6.07) is 6.17. The third kappa shape index (κ3) is 3.11. The Morgan fingerprint density at radius 1 is 1.48 bits per heavy atom. The van der Waals surface area contributed by atoms with E-state index >= 15 is 0 Å². The average molecular weight is 350 g/mol. The van der Waals surface area contributed by atoms with E-state index in [1.54, 1.807) is 0 Å². The number of aryl methyl sites for hydroxylation is 1. The number of H-pyrrole nitrogens is 1. The molecule has 6 heteroatoms. The number of anilines is 1. The molecule has 1 aromatic heterocycles. The Morgan fingerprint density at radius 3 is 3.10 bits per heavy atom. The topological polar surface area (TPSA) is 70.8 Å². The van der Waals surface area contributed by atoms with E-state index in [4.69, 9.17) is 5.73 Å². The van der Waals surface area contributed by atoms with Crippen LogP contribution in [0.5, 0.6) is 0 Å². The standard InChI is InChI=1S/C15H20BrN5/c1-10-7-12(16)4-5-13(10)14-18-15(20-19-14)21-6-2-3-11(8-17)9-21/h4-5,7,11H,2-3,6,8-9,17H2,1H3,(H,18,19,20). The van der Waals surface area contributed by atoms with E-state index in [2.05, 4.69) is 55.1 Å². The molecular formula is C15H20BrN5. The molecule has 0 spiro atoms. The zero-order chi connectivity index (χ0) is 14.8. The largest absolute Gasteiger partial charge is 0.339 e. The minimum Gasteiger partial charge on any atom is -0.339 e. The molecule has 0 aliphatic carbocycles. The van der Waals surface area contributed by atoms with Crippen LogP contribution in [0.2, 0.25) is 0 Å². The molecule has 1 aliphatic rings. The van der Waals surface area contributed by atoms with E-state index in [0.717, 1.165) is 47.9 Å². The van der Waals surface area contributed by atoms with Crippen LogP contribution in [0.3, 0.4) is 0 Å². The van der Waals surface area contributed by atoms with Gasteiger partial charge in [0.15, 0.2) is 5.82 Å². The third-order valence-corrected chi connectivity index (χ3v) is 4.55. The summed E-state index contributed by atoms with van der Waals surface area (Å²) in [7, 11) is 0. The van der Waals surface area contributed by atoms with Gasteiger partial charge in [-0.25, -0.2) is 0 Å². The first-order chi connectivity index (χ1) is 10.2. The fraction of sp³-hybridized carbons (Fsp3) is 0.467. The predicted octanol–water partition coefficient (Wildman–Crippen LogP) is 2.72. The summed E-state index contributed by atoms with van der Waals surface area (Å²) in [5, 5.41) is 7.45. The van der Waals surface area contributed by atoms with Crippen molar-refractivity contribution in [3.05, 3.63) is 28.2 Å². The lowest BCUT2D eigenvalue weighted by Gasteiger charge is -2.31. The molecule has 0 bridgehead atoms. The van der Waals surface area contributed by atoms with Gasteiger partial charge in [0.25, 0.3) is 0 Å². The molecule has 2 heterocycles. The highest BCUT2D eigenvalue weighted by atomic mass is 79.9. The van der Waals surface area contributed by atoms with Crippen molar-refractivity contribution < 1.29 is 0 Å². The Hall–Kier alpha value is -1.40. The normalized spacial score (nSPS) is 19.0. The lowest BCUT2D eigenvalue weighted by atomic mass is 9.99. The highest BCUT2D eigenvalue weighted by Gasteiger charge is 2.22. The second kappa shape index (κ2) is 6.15. The first kappa shape index (κ1) is 14.5. The number of rotatable bonds is 3. The summed E-state index contributed by atoms with van der Waals surface area (Å²) in [6.07, 6.45) is 2.36. The van der Waals surface area contributed by atoms with Gasteiger partial charge in [-0.1, -0.05) is 15.9 Å². The van der Waals surface area contributed by atoms with Crippen LogP contribution >= 0.6 is 15.9 Å². The van der Waals surface area contributed by atoms with Crippen LogP contribution in [0.25, 0.3) is 11.4 Å². The van der Waals surface area contributed by atoms with Crippen molar-refractivity contribution in [1.82, 2.24) is 15.2 Å². The monoisotopic (exact) mass is 349 g/mol. The third-order valence-electron chi connectivity index (χ3n) is 4.05. The fourth-order valence-corrected chi connectivity index (χ4v) is 3.32. The second-order valence-electron chi connectivity index (χ2n) is 5.63. The summed E-state index contributed by atoms with van der Waals surface area (Å²) in [5.41, 5.74) is 8.05. The van der Waals surface area contributed by atoms with Crippen molar-refractivity contribution in [3.8, 4) is 11.4 Å². The Balaban J connectivity index is 1.83. The predicted molar refractivity (Wildman–Crippen MR) is 88.2 cm³/mol. The van der Waals surface area contributed by atoms with Crippen LogP contribution in [0.15, 0.2) is 22.7 Å². The average Bonchev–Trinajstić information content (AvgIpc) is 2.97. The number of piperidine rings is 1. The number of nitrogens with two attached hydrogens (primary N) is 1. The van der Waals surface area contributed by atoms with Gasteiger partial charge in [0, 0.05) is 23.1 Å². The molecule has 3 rings (SSSR count). The smallest absolute Gasteiger partial charge is 0.245 e. The molecule has 0 saturated carbocycles. The molecule has 1 aliphatic heterocycles. The van der Waals surface area contributed by atoms with Crippen molar-refractivity contribution in [1.29, 1.82) is 0 Å². The summed E-state index contributed by atoms with van der Waals surface area (Å²) in [5.74, 6) is 2.16. The Kier molecular flexibility index (Phi) is 4.26. The van der Waals surface area contributed by atoms with E-state index in [9.17, 15) is 0 Å². The lowest BCUT2D eigenvalue weighted by molar-refractivity contribution is 0.420. The van der Waals surface area contributed by atoms with Crippen molar-refractivity contribution >= 4 is 21.9 Å². The number of benzene rings is 1.